The van der Waals surface area contributed by atoms with Crippen molar-refractivity contribution >= 4 is 35.8 Å². The van der Waals surface area contributed by atoms with Gasteiger partial charge in [0.15, 0.2) is 11.7 Å². The molecule has 0 spiro atoms. The van der Waals surface area contributed by atoms with Gasteiger partial charge in [-0.2, -0.15) is 0 Å². The molecule has 0 aromatic carbocycles. The summed E-state index contributed by atoms with van der Waals surface area (Å²) in [4.78, 5) is 16.4. The standard InChI is InChI=1S/C16H26N4O2.HI/c1-3-17-16(20-11-13-5-6-13)19-9-4-8-18-15(21)14-12(2)7-10-22-14;/h7,10,13H,3-6,8-9,11H2,1-2H3,(H,18,21)(H2,17,19,20);1H. The largest absolute Gasteiger partial charge is 0.459 e. The first-order valence-corrected chi connectivity index (χ1v) is 8.05. The van der Waals surface area contributed by atoms with E-state index < -0.39 is 0 Å². The highest BCUT2D eigenvalue weighted by Crippen LogP contribution is 2.28. The quantitative estimate of drug-likeness (QED) is 0.254. The number of nitrogens with one attached hydrogen (secondary N) is 3. The first-order valence-electron chi connectivity index (χ1n) is 8.05. The summed E-state index contributed by atoms with van der Waals surface area (Å²) in [6.07, 6.45) is 4.98. The SMILES string of the molecule is CCNC(=NCC1CC1)NCCCNC(=O)c1occc1C.I. The van der Waals surface area contributed by atoms with Crippen LogP contribution in [0.3, 0.4) is 0 Å². The second-order valence-corrected chi connectivity index (χ2v) is 5.63. The van der Waals surface area contributed by atoms with Crippen LogP contribution >= 0.6 is 24.0 Å². The maximum Gasteiger partial charge on any atom is 0.287 e. The zero-order valence-corrected chi connectivity index (χ0v) is 16.2. The molecule has 1 amide bonds. The molecule has 1 aromatic rings. The fourth-order valence-corrected chi connectivity index (χ4v) is 2.05. The van der Waals surface area contributed by atoms with E-state index in [9.17, 15) is 4.79 Å². The molecule has 1 fully saturated rings. The molecule has 0 saturated heterocycles. The highest BCUT2D eigenvalue weighted by molar-refractivity contribution is 14.0. The Morgan fingerprint density at radius 2 is 2.04 bits per heavy atom. The summed E-state index contributed by atoms with van der Waals surface area (Å²) in [5, 5.41) is 9.38. The highest BCUT2D eigenvalue weighted by atomic mass is 127. The minimum absolute atomic E-state index is 0. The number of rotatable bonds is 8. The van der Waals surface area contributed by atoms with Crippen molar-refractivity contribution < 1.29 is 9.21 Å². The van der Waals surface area contributed by atoms with Crippen molar-refractivity contribution in [1.82, 2.24) is 16.0 Å². The number of carbonyl (C=O) groups excluding carboxylic acids is 1. The molecule has 0 radical (unpaired) electrons. The molecule has 0 unspecified atom stereocenters. The van der Waals surface area contributed by atoms with Gasteiger partial charge in [0.25, 0.3) is 5.91 Å². The van der Waals surface area contributed by atoms with Gasteiger partial charge in [0.1, 0.15) is 0 Å². The number of halogens is 1. The molecule has 130 valence electrons. The maximum absolute atomic E-state index is 11.8. The lowest BCUT2D eigenvalue weighted by atomic mass is 10.2. The molecule has 1 aliphatic carbocycles. The second kappa shape index (κ2) is 10.5. The van der Waals surface area contributed by atoms with E-state index in [1.54, 1.807) is 6.07 Å². The number of aryl methyl sites for hydroxylation is 1. The predicted octanol–water partition coefficient (Wildman–Crippen LogP) is 2.29. The van der Waals surface area contributed by atoms with Gasteiger partial charge in [-0.1, -0.05) is 0 Å². The van der Waals surface area contributed by atoms with Crippen LogP contribution in [-0.4, -0.2) is 38.0 Å². The summed E-state index contributed by atoms with van der Waals surface area (Å²) >= 11 is 0. The summed E-state index contributed by atoms with van der Waals surface area (Å²) in [6.45, 7) is 7.05. The first kappa shape index (κ1) is 19.8. The van der Waals surface area contributed by atoms with Crippen LogP contribution in [0.2, 0.25) is 0 Å². The third kappa shape index (κ3) is 7.24. The zero-order chi connectivity index (χ0) is 15.8. The highest BCUT2D eigenvalue weighted by Gasteiger charge is 2.20. The van der Waals surface area contributed by atoms with Gasteiger partial charge in [-0.15, -0.1) is 24.0 Å². The molecule has 23 heavy (non-hydrogen) atoms. The molecule has 1 saturated carbocycles. The van der Waals surface area contributed by atoms with Gasteiger partial charge < -0.3 is 20.4 Å². The third-order valence-electron chi connectivity index (χ3n) is 3.55. The Balaban J connectivity index is 0.00000264. The van der Waals surface area contributed by atoms with Crippen LogP contribution in [0.25, 0.3) is 0 Å². The average Bonchev–Trinajstić information content (AvgIpc) is 3.24. The number of guanidine groups is 1. The molecule has 3 N–H and O–H groups in total. The van der Waals surface area contributed by atoms with Gasteiger partial charge in [0.2, 0.25) is 0 Å². The lowest BCUT2D eigenvalue weighted by Gasteiger charge is -2.11. The number of carbonyl (C=O) groups is 1. The lowest BCUT2D eigenvalue weighted by molar-refractivity contribution is 0.0925. The van der Waals surface area contributed by atoms with Crippen molar-refractivity contribution in [2.24, 2.45) is 10.9 Å². The van der Waals surface area contributed by atoms with Crippen LogP contribution in [0.4, 0.5) is 0 Å². The third-order valence-corrected chi connectivity index (χ3v) is 3.55. The molecular formula is C16H27IN4O2. The van der Waals surface area contributed by atoms with Crippen molar-refractivity contribution in [3.05, 3.63) is 23.7 Å². The zero-order valence-electron chi connectivity index (χ0n) is 13.9. The van der Waals surface area contributed by atoms with E-state index >= 15 is 0 Å². The topological polar surface area (TPSA) is 78.7 Å². The summed E-state index contributed by atoms with van der Waals surface area (Å²) in [7, 11) is 0. The van der Waals surface area contributed by atoms with Crippen LogP contribution in [0.1, 0.15) is 42.3 Å². The Morgan fingerprint density at radius 3 is 2.65 bits per heavy atom. The van der Waals surface area contributed by atoms with E-state index in [4.69, 9.17) is 4.42 Å². The van der Waals surface area contributed by atoms with Crippen LogP contribution in [0, 0.1) is 12.8 Å². The van der Waals surface area contributed by atoms with Crippen LogP contribution in [-0.2, 0) is 0 Å². The van der Waals surface area contributed by atoms with Gasteiger partial charge >= 0.3 is 0 Å². The van der Waals surface area contributed by atoms with Gasteiger partial charge in [-0.3, -0.25) is 9.79 Å². The molecule has 6 nitrogen and oxygen atoms in total. The number of hydrogen-bond donors (Lipinski definition) is 3. The fourth-order valence-electron chi connectivity index (χ4n) is 2.05. The Kier molecular flexibility index (Phi) is 9.05. The van der Waals surface area contributed by atoms with Gasteiger partial charge in [0, 0.05) is 31.7 Å². The Morgan fingerprint density at radius 1 is 1.30 bits per heavy atom. The maximum atomic E-state index is 11.8. The van der Waals surface area contributed by atoms with Gasteiger partial charge in [0.05, 0.1) is 6.26 Å². The fraction of sp³-hybridized carbons (Fsp3) is 0.625. The Hall–Kier alpha value is -1.25. The van der Waals surface area contributed by atoms with E-state index in [1.165, 1.54) is 19.1 Å². The minimum atomic E-state index is -0.156. The number of furan rings is 1. The summed E-state index contributed by atoms with van der Waals surface area (Å²) in [5.74, 6) is 1.89. The first-order chi connectivity index (χ1) is 10.7. The van der Waals surface area contributed by atoms with Crippen molar-refractivity contribution in [3.8, 4) is 0 Å². The van der Waals surface area contributed by atoms with Crippen molar-refractivity contribution in [2.45, 2.75) is 33.1 Å². The average molecular weight is 434 g/mol. The number of aliphatic imine (C=N–C) groups is 1. The van der Waals surface area contributed by atoms with Gasteiger partial charge in [-0.25, -0.2) is 0 Å². The van der Waals surface area contributed by atoms with Crippen LogP contribution in [0.15, 0.2) is 21.7 Å². The molecule has 2 rings (SSSR count). The van der Waals surface area contributed by atoms with Crippen LogP contribution < -0.4 is 16.0 Å². The van der Waals surface area contributed by atoms with E-state index in [0.717, 1.165) is 43.5 Å². The lowest BCUT2D eigenvalue weighted by Crippen LogP contribution is -2.39. The van der Waals surface area contributed by atoms with E-state index in [0.29, 0.717) is 12.3 Å². The molecule has 0 aliphatic heterocycles. The molecule has 0 atom stereocenters. The Bertz CT molecular complexity index is 512. The van der Waals surface area contributed by atoms with Gasteiger partial charge in [-0.05, 0) is 45.1 Å². The van der Waals surface area contributed by atoms with Crippen molar-refractivity contribution in [1.29, 1.82) is 0 Å². The van der Waals surface area contributed by atoms with Crippen molar-refractivity contribution in [3.63, 3.8) is 0 Å². The normalized spacial score (nSPS) is 14.1. The number of hydrogen-bond acceptors (Lipinski definition) is 3. The monoisotopic (exact) mass is 434 g/mol. The summed E-state index contributed by atoms with van der Waals surface area (Å²) < 4.78 is 5.16. The minimum Gasteiger partial charge on any atom is -0.459 e. The summed E-state index contributed by atoms with van der Waals surface area (Å²) in [6, 6.07) is 1.79. The molecule has 1 aromatic heterocycles. The van der Waals surface area contributed by atoms with Crippen LogP contribution in [0.5, 0.6) is 0 Å². The predicted molar refractivity (Wildman–Crippen MR) is 103 cm³/mol. The molecule has 1 heterocycles. The number of amides is 1. The van der Waals surface area contributed by atoms with E-state index in [-0.39, 0.29) is 29.9 Å². The molecule has 1 aliphatic rings. The summed E-state index contributed by atoms with van der Waals surface area (Å²) in [5.41, 5.74) is 0.859. The van der Waals surface area contributed by atoms with E-state index in [2.05, 4.69) is 27.9 Å². The molecular weight excluding hydrogens is 407 g/mol. The van der Waals surface area contributed by atoms with Crippen molar-refractivity contribution in [2.75, 3.05) is 26.2 Å². The number of nitrogens with zero attached hydrogens (tertiary/aromatic N) is 1. The molecule has 0 bridgehead atoms. The Labute approximate surface area is 154 Å². The second-order valence-electron chi connectivity index (χ2n) is 5.63. The van der Waals surface area contributed by atoms with E-state index in [1.807, 2.05) is 6.92 Å². The molecule has 7 heteroatoms. The smallest absolute Gasteiger partial charge is 0.287 e.